The van der Waals surface area contributed by atoms with E-state index in [4.69, 9.17) is 39.5 Å². The lowest BCUT2D eigenvalue weighted by atomic mass is 9.98. The van der Waals surface area contributed by atoms with Crippen LogP contribution in [0.25, 0.3) is 0 Å². The molecule has 0 bridgehead atoms. The maximum absolute atomic E-state index is 6.37. The van der Waals surface area contributed by atoms with E-state index >= 15 is 0 Å². The lowest BCUT2D eigenvalue weighted by Crippen LogP contribution is -2.00. The van der Waals surface area contributed by atoms with Crippen LogP contribution < -0.4 is 4.74 Å². The van der Waals surface area contributed by atoms with Crippen molar-refractivity contribution in [2.45, 2.75) is 32.1 Å². The number of hydrogen-bond acceptors (Lipinski definition) is 1. The molecule has 0 radical (unpaired) electrons. The number of ether oxygens (including phenoxy) is 1. The molecule has 0 saturated carbocycles. The highest BCUT2D eigenvalue weighted by atomic mass is 35.5. The molecule has 0 aliphatic carbocycles. The van der Waals surface area contributed by atoms with Gasteiger partial charge in [0.1, 0.15) is 5.75 Å². The van der Waals surface area contributed by atoms with Gasteiger partial charge in [0.15, 0.2) is 0 Å². The first-order valence-corrected chi connectivity index (χ1v) is 6.85. The SMILES string of the molecule is CCC(C)CC(Cl)c1cc(Cl)c(OC)cc1Cl. The van der Waals surface area contributed by atoms with Crippen molar-refractivity contribution in [3.63, 3.8) is 0 Å². The molecule has 1 aromatic rings. The summed E-state index contributed by atoms with van der Waals surface area (Å²) in [4.78, 5) is 0. The standard InChI is InChI=1S/C13H17Cl3O/c1-4-8(2)5-10(14)9-6-12(16)13(17-3)7-11(9)15/h6-8,10H,4-5H2,1-3H3. The maximum Gasteiger partial charge on any atom is 0.138 e. The Labute approximate surface area is 118 Å². The zero-order valence-electron chi connectivity index (χ0n) is 10.3. The highest BCUT2D eigenvalue weighted by molar-refractivity contribution is 6.35. The quantitative estimate of drug-likeness (QED) is 0.631. The van der Waals surface area contributed by atoms with Gasteiger partial charge in [-0.2, -0.15) is 0 Å². The molecule has 0 aliphatic rings. The molecule has 0 amide bonds. The van der Waals surface area contributed by atoms with Crippen molar-refractivity contribution in [2.24, 2.45) is 5.92 Å². The van der Waals surface area contributed by atoms with Gasteiger partial charge in [0.2, 0.25) is 0 Å². The van der Waals surface area contributed by atoms with Gasteiger partial charge in [0, 0.05) is 11.1 Å². The van der Waals surface area contributed by atoms with E-state index in [9.17, 15) is 0 Å². The maximum atomic E-state index is 6.37. The minimum Gasteiger partial charge on any atom is -0.495 e. The minimum absolute atomic E-state index is 0.110. The van der Waals surface area contributed by atoms with Gasteiger partial charge in [-0.1, -0.05) is 43.5 Å². The molecular formula is C13H17Cl3O. The molecule has 0 aromatic heterocycles. The predicted molar refractivity (Wildman–Crippen MR) is 75.7 cm³/mol. The third-order valence-corrected chi connectivity index (χ3v) is 3.95. The van der Waals surface area contributed by atoms with Crippen LogP contribution in [0.2, 0.25) is 10.0 Å². The number of halogens is 3. The molecule has 2 unspecified atom stereocenters. The van der Waals surface area contributed by atoms with Gasteiger partial charge in [-0.15, -0.1) is 11.6 Å². The Morgan fingerprint density at radius 3 is 2.41 bits per heavy atom. The number of alkyl halides is 1. The highest BCUT2D eigenvalue weighted by Gasteiger charge is 2.17. The molecule has 0 saturated heterocycles. The lowest BCUT2D eigenvalue weighted by molar-refractivity contribution is 0.414. The molecule has 0 heterocycles. The van der Waals surface area contributed by atoms with Gasteiger partial charge in [-0.05, 0) is 24.0 Å². The molecule has 17 heavy (non-hydrogen) atoms. The van der Waals surface area contributed by atoms with Gasteiger partial charge in [-0.3, -0.25) is 0 Å². The smallest absolute Gasteiger partial charge is 0.138 e. The number of methoxy groups -OCH3 is 1. The molecule has 96 valence electrons. The second-order valence-corrected chi connectivity index (χ2v) is 5.57. The second kappa shape index (κ2) is 6.72. The average molecular weight is 296 g/mol. The Balaban J connectivity index is 2.94. The van der Waals surface area contributed by atoms with Crippen molar-refractivity contribution in [1.82, 2.24) is 0 Å². The fourth-order valence-corrected chi connectivity index (χ4v) is 2.66. The Bertz CT molecular complexity index is 379. The van der Waals surface area contributed by atoms with Crippen molar-refractivity contribution >= 4 is 34.8 Å². The summed E-state index contributed by atoms with van der Waals surface area (Å²) in [5.41, 5.74) is 0.874. The van der Waals surface area contributed by atoms with Crippen LogP contribution >= 0.6 is 34.8 Å². The van der Waals surface area contributed by atoms with E-state index in [1.807, 2.05) is 0 Å². The molecule has 2 atom stereocenters. The van der Waals surface area contributed by atoms with Crippen molar-refractivity contribution in [2.75, 3.05) is 7.11 Å². The lowest BCUT2D eigenvalue weighted by Gasteiger charge is -2.17. The molecule has 0 spiro atoms. The first-order valence-electron chi connectivity index (χ1n) is 5.66. The van der Waals surface area contributed by atoms with E-state index in [-0.39, 0.29) is 5.38 Å². The second-order valence-electron chi connectivity index (χ2n) is 4.22. The Kier molecular flexibility index (Phi) is 5.91. The fraction of sp³-hybridized carbons (Fsp3) is 0.538. The monoisotopic (exact) mass is 294 g/mol. The van der Waals surface area contributed by atoms with Crippen LogP contribution in [0.3, 0.4) is 0 Å². The van der Waals surface area contributed by atoms with E-state index in [0.717, 1.165) is 18.4 Å². The molecule has 0 aliphatic heterocycles. The van der Waals surface area contributed by atoms with Crippen molar-refractivity contribution in [3.8, 4) is 5.75 Å². The minimum atomic E-state index is -0.110. The number of benzene rings is 1. The van der Waals surface area contributed by atoms with Gasteiger partial charge in [0.25, 0.3) is 0 Å². The Morgan fingerprint density at radius 1 is 1.24 bits per heavy atom. The summed E-state index contributed by atoms with van der Waals surface area (Å²) in [6.07, 6.45) is 1.99. The van der Waals surface area contributed by atoms with Gasteiger partial charge < -0.3 is 4.74 Å². The van der Waals surface area contributed by atoms with Gasteiger partial charge in [-0.25, -0.2) is 0 Å². The number of rotatable bonds is 5. The van der Waals surface area contributed by atoms with Crippen LogP contribution in [0.1, 0.15) is 37.6 Å². The zero-order chi connectivity index (χ0) is 13.0. The van der Waals surface area contributed by atoms with Crippen LogP contribution in [0.15, 0.2) is 12.1 Å². The van der Waals surface area contributed by atoms with Crippen LogP contribution in [0.5, 0.6) is 5.75 Å². The summed E-state index contributed by atoms with van der Waals surface area (Å²) < 4.78 is 5.10. The fourth-order valence-electron chi connectivity index (χ4n) is 1.59. The number of hydrogen-bond donors (Lipinski definition) is 0. The first kappa shape index (κ1) is 14.9. The Hall–Kier alpha value is -0.110. The van der Waals surface area contributed by atoms with E-state index in [0.29, 0.717) is 21.7 Å². The normalized spacial score (nSPS) is 14.5. The summed E-state index contributed by atoms with van der Waals surface area (Å²) in [6.45, 7) is 4.32. The third-order valence-electron chi connectivity index (χ3n) is 2.91. The van der Waals surface area contributed by atoms with E-state index in [2.05, 4.69) is 13.8 Å². The molecule has 0 N–H and O–H groups in total. The van der Waals surface area contributed by atoms with E-state index < -0.39 is 0 Å². The van der Waals surface area contributed by atoms with Crippen molar-refractivity contribution in [3.05, 3.63) is 27.7 Å². The van der Waals surface area contributed by atoms with Crippen LogP contribution in [0, 0.1) is 5.92 Å². The third kappa shape index (κ3) is 3.94. The largest absolute Gasteiger partial charge is 0.495 e. The van der Waals surface area contributed by atoms with E-state index in [1.54, 1.807) is 19.2 Å². The summed E-state index contributed by atoms with van der Waals surface area (Å²) >= 11 is 18.6. The first-order chi connectivity index (χ1) is 7.99. The summed E-state index contributed by atoms with van der Waals surface area (Å²) in [7, 11) is 1.56. The van der Waals surface area contributed by atoms with Crippen LogP contribution in [0.4, 0.5) is 0 Å². The molecule has 1 rings (SSSR count). The summed E-state index contributed by atoms with van der Waals surface area (Å²) in [5.74, 6) is 1.14. The van der Waals surface area contributed by atoms with Crippen molar-refractivity contribution < 1.29 is 4.74 Å². The van der Waals surface area contributed by atoms with Crippen molar-refractivity contribution in [1.29, 1.82) is 0 Å². The summed E-state index contributed by atoms with van der Waals surface area (Å²) in [5, 5.41) is 1.04. The molecule has 1 nitrogen and oxygen atoms in total. The van der Waals surface area contributed by atoms with Crippen LogP contribution in [-0.4, -0.2) is 7.11 Å². The molecule has 1 aromatic carbocycles. The molecule has 0 fully saturated rings. The van der Waals surface area contributed by atoms with E-state index in [1.165, 1.54) is 0 Å². The van der Waals surface area contributed by atoms with Gasteiger partial charge in [0.05, 0.1) is 17.5 Å². The molecule has 4 heteroatoms. The predicted octanol–water partition coefficient (Wildman–Crippen LogP) is 5.72. The van der Waals surface area contributed by atoms with Crippen LogP contribution in [-0.2, 0) is 0 Å². The molecular weight excluding hydrogens is 279 g/mol. The average Bonchev–Trinajstić information content (AvgIpc) is 2.31. The topological polar surface area (TPSA) is 9.23 Å². The van der Waals surface area contributed by atoms with Gasteiger partial charge >= 0.3 is 0 Å². The summed E-state index contributed by atoms with van der Waals surface area (Å²) in [6, 6.07) is 3.51. The Morgan fingerprint density at radius 2 is 1.88 bits per heavy atom. The highest BCUT2D eigenvalue weighted by Crippen LogP contribution is 2.38. The zero-order valence-corrected chi connectivity index (χ0v) is 12.5.